The summed E-state index contributed by atoms with van der Waals surface area (Å²) < 4.78 is 0. The van der Waals surface area contributed by atoms with Gasteiger partial charge in [0.15, 0.2) is 0 Å². The van der Waals surface area contributed by atoms with Crippen LogP contribution in [0.25, 0.3) is 21.8 Å². The molecule has 0 spiro atoms. The summed E-state index contributed by atoms with van der Waals surface area (Å²) in [5.74, 6) is -2.39. The van der Waals surface area contributed by atoms with Gasteiger partial charge in [-0.3, -0.25) is 19.2 Å². The number of H-pyrrole nitrogens is 2. The van der Waals surface area contributed by atoms with E-state index in [4.69, 9.17) is 17.3 Å². The molecule has 2 aromatic heterocycles. The summed E-state index contributed by atoms with van der Waals surface area (Å²) >= 11 is 5.76. The molecule has 220 valence electrons. The Labute approximate surface area is 246 Å². The van der Waals surface area contributed by atoms with Gasteiger partial charge in [-0.1, -0.05) is 18.2 Å². The van der Waals surface area contributed by atoms with Gasteiger partial charge in [0, 0.05) is 53.6 Å². The second kappa shape index (κ2) is 12.6. The Morgan fingerprint density at radius 3 is 2.38 bits per heavy atom. The highest BCUT2D eigenvalue weighted by Gasteiger charge is 2.37. The van der Waals surface area contributed by atoms with Gasteiger partial charge in [0.05, 0.1) is 0 Å². The van der Waals surface area contributed by atoms with E-state index < -0.39 is 41.8 Å². The molecule has 1 aliphatic heterocycles. The minimum Gasteiger partial charge on any atom is -0.508 e. The van der Waals surface area contributed by atoms with Crippen molar-refractivity contribution in [3.8, 4) is 5.75 Å². The number of nitrogens with one attached hydrogen (secondary N) is 4. The number of hydrogen-bond donors (Lipinski definition) is 6. The van der Waals surface area contributed by atoms with Crippen molar-refractivity contribution in [2.75, 3.05) is 12.4 Å². The zero-order valence-electron chi connectivity index (χ0n) is 22.9. The lowest BCUT2D eigenvalue weighted by Gasteiger charge is -2.37. The molecule has 42 heavy (non-hydrogen) atoms. The Bertz CT molecular complexity index is 1630. The third-order valence-corrected chi connectivity index (χ3v) is 8.02. The maximum absolute atomic E-state index is 13.9. The van der Waals surface area contributed by atoms with Crippen LogP contribution in [-0.4, -0.2) is 74.2 Å². The standard InChI is InChI=1S/C30H33ClN6O5/c31-14-27(39)35-25(12-18-16-34-23-9-8-19(38)13-21(18)23)30(42)37-10-4-3-7-26(37)29(41)36-24(28(32)40)11-17-15-33-22-6-2-1-5-20(17)22/h1-2,5-6,8-9,13,15-16,24-26,33-34,38H,3-4,7,10-12,14H2,(H2,32,40)(H,35,39)(H,36,41)/t24-,25-,26-/m0/s1. The average Bonchev–Trinajstić information content (AvgIpc) is 3.59. The number of fused-ring (bicyclic) bond motifs is 2. The van der Waals surface area contributed by atoms with Crippen LogP contribution in [0.4, 0.5) is 0 Å². The quantitative estimate of drug-likeness (QED) is 0.155. The molecular weight excluding hydrogens is 560 g/mol. The fourth-order valence-corrected chi connectivity index (χ4v) is 5.74. The molecular formula is C30H33ClN6O5. The van der Waals surface area contributed by atoms with Gasteiger partial charge in [-0.25, -0.2) is 0 Å². The Morgan fingerprint density at radius 1 is 0.952 bits per heavy atom. The molecule has 12 heteroatoms. The van der Waals surface area contributed by atoms with E-state index in [2.05, 4.69) is 20.6 Å². The summed E-state index contributed by atoms with van der Waals surface area (Å²) in [5, 5.41) is 17.1. The Kier molecular flexibility index (Phi) is 8.67. The maximum Gasteiger partial charge on any atom is 0.246 e. The van der Waals surface area contributed by atoms with Gasteiger partial charge in [0.1, 0.15) is 29.8 Å². The Hall–Kier alpha value is -4.51. The van der Waals surface area contributed by atoms with Gasteiger partial charge < -0.3 is 36.3 Å². The van der Waals surface area contributed by atoms with Crippen molar-refractivity contribution in [1.29, 1.82) is 0 Å². The number of halogens is 1. The molecule has 3 atom stereocenters. The third-order valence-electron chi connectivity index (χ3n) is 7.78. The van der Waals surface area contributed by atoms with E-state index in [-0.39, 0.29) is 24.5 Å². The zero-order valence-corrected chi connectivity index (χ0v) is 23.6. The number of aromatic nitrogens is 2. The number of primary amides is 1. The molecule has 0 radical (unpaired) electrons. The van der Waals surface area contributed by atoms with E-state index >= 15 is 0 Å². The van der Waals surface area contributed by atoms with Crippen LogP contribution in [0.1, 0.15) is 30.4 Å². The summed E-state index contributed by atoms with van der Waals surface area (Å²) in [6, 6.07) is 9.64. The molecule has 0 aliphatic carbocycles. The van der Waals surface area contributed by atoms with Crippen molar-refractivity contribution in [3.05, 3.63) is 66.0 Å². The molecule has 5 rings (SSSR count). The first-order valence-corrected chi connectivity index (χ1v) is 14.4. The van der Waals surface area contributed by atoms with Crippen molar-refractivity contribution >= 4 is 57.0 Å². The van der Waals surface area contributed by atoms with Crippen LogP contribution >= 0.6 is 11.6 Å². The predicted molar refractivity (Wildman–Crippen MR) is 159 cm³/mol. The summed E-state index contributed by atoms with van der Waals surface area (Å²) in [4.78, 5) is 60.0. The summed E-state index contributed by atoms with van der Waals surface area (Å²) in [5.41, 5.74) is 8.90. The van der Waals surface area contributed by atoms with Crippen LogP contribution < -0.4 is 16.4 Å². The molecule has 1 fully saturated rings. The number of carbonyl (C=O) groups excluding carboxylic acids is 4. The second-order valence-electron chi connectivity index (χ2n) is 10.6. The number of likely N-dealkylation sites (tertiary alicyclic amines) is 1. The number of para-hydroxylation sites is 1. The molecule has 7 N–H and O–H groups in total. The molecule has 1 saturated heterocycles. The van der Waals surface area contributed by atoms with E-state index in [1.54, 1.807) is 30.6 Å². The molecule has 3 heterocycles. The molecule has 4 aromatic rings. The Morgan fingerprint density at radius 2 is 1.64 bits per heavy atom. The SMILES string of the molecule is NC(=O)[C@H](Cc1c[nH]c2ccccc12)NC(=O)[C@@H]1CCCCN1C(=O)[C@H](Cc1c[nH]c2ccc(O)cc12)NC(=O)CCl. The number of piperidine rings is 1. The number of nitrogens with two attached hydrogens (primary N) is 1. The van der Waals surface area contributed by atoms with E-state index in [1.165, 1.54) is 4.90 Å². The molecule has 2 aromatic carbocycles. The van der Waals surface area contributed by atoms with Crippen LogP contribution in [0, 0.1) is 0 Å². The fourth-order valence-electron chi connectivity index (χ4n) is 5.67. The van der Waals surface area contributed by atoms with E-state index in [1.807, 2.05) is 24.3 Å². The fraction of sp³-hybridized carbons (Fsp3) is 0.333. The highest BCUT2D eigenvalue weighted by molar-refractivity contribution is 6.27. The molecule has 11 nitrogen and oxygen atoms in total. The van der Waals surface area contributed by atoms with Crippen LogP contribution in [-0.2, 0) is 32.0 Å². The molecule has 0 saturated carbocycles. The number of phenolic OH excluding ortho intramolecular Hbond substituents is 1. The van der Waals surface area contributed by atoms with Crippen LogP contribution in [0.3, 0.4) is 0 Å². The molecule has 4 amide bonds. The van der Waals surface area contributed by atoms with E-state index in [9.17, 15) is 24.3 Å². The topological polar surface area (TPSA) is 173 Å². The lowest BCUT2D eigenvalue weighted by molar-refractivity contribution is -0.145. The molecule has 0 unspecified atom stereocenters. The normalized spacial score (nSPS) is 16.7. The molecule has 1 aliphatic rings. The zero-order chi connectivity index (χ0) is 29.8. The van der Waals surface area contributed by atoms with Crippen LogP contribution in [0.5, 0.6) is 5.75 Å². The third kappa shape index (κ3) is 6.20. The van der Waals surface area contributed by atoms with Crippen molar-refractivity contribution < 1.29 is 24.3 Å². The van der Waals surface area contributed by atoms with E-state index in [0.29, 0.717) is 36.8 Å². The van der Waals surface area contributed by atoms with Crippen molar-refractivity contribution in [3.63, 3.8) is 0 Å². The summed E-state index contributed by atoms with van der Waals surface area (Å²) in [6.07, 6.45) is 5.60. The highest BCUT2D eigenvalue weighted by Crippen LogP contribution is 2.26. The second-order valence-corrected chi connectivity index (χ2v) is 10.8. The van der Waals surface area contributed by atoms with Gasteiger partial charge in [0.25, 0.3) is 0 Å². The number of carbonyl (C=O) groups is 4. The van der Waals surface area contributed by atoms with Crippen molar-refractivity contribution in [1.82, 2.24) is 25.5 Å². The number of alkyl halides is 1. The first-order chi connectivity index (χ1) is 20.2. The van der Waals surface area contributed by atoms with Gasteiger partial charge in [-0.05, 0) is 54.7 Å². The monoisotopic (exact) mass is 592 g/mol. The smallest absolute Gasteiger partial charge is 0.246 e. The predicted octanol–water partition coefficient (Wildman–Crippen LogP) is 2.21. The van der Waals surface area contributed by atoms with Gasteiger partial charge in [-0.2, -0.15) is 0 Å². The van der Waals surface area contributed by atoms with Crippen LogP contribution in [0.2, 0.25) is 0 Å². The minimum atomic E-state index is -1.01. The lowest BCUT2D eigenvalue weighted by atomic mass is 9.97. The van der Waals surface area contributed by atoms with Crippen molar-refractivity contribution in [2.45, 2.75) is 50.2 Å². The first-order valence-electron chi connectivity index (χ1n) is 13.8. The number of rotatable bonds is 10. The number of hydrogen-bond acceptors (Lipinski definition) is 5. The number of aromatic hydroxyl groups is 1. The summed E-state index contributed by atoms with van der Waals surface area (Å²) in [6.45, 7) is 0.308. The molecule has 0 bridgehead atoms. The number of benzene rings is 2. The van der Waals surface area contributed by atoms with Crippen molar-refractivity contribution in [2.24, 2.45) is 5.73 Å². The van der Waals surface area contributed by atoms with E-state index in [0.717, 1.165) is 22.0 Å². The summed E-state index contributed by atoms with van der Waals surface area (Å²) in [7, 11) is 0. The highest BCUT2D eigenvalue weighted by atomic mass is 35.5. The number of nitrogens with zero attached hydrogens (tertiary/aromatic N) is 1. The van der Waals surface area contributed by atoms with Gasteiger partial charge in [-0.15, -0.1) is 11.6 Å². The lowest BCUT2D eigenvalue weighted by Crippen LogP contribution is -2.60. The van der Waals surface area contributed by atoms with Gasteiger partial charge >= 0.3 is 0 Å². The minimum absolute atomic E-state index is 0.0698. The number of amides is 4. The maximum atomic E-state index is 13.9. The number of aromatic amines is 2. The first kappa shape index (κ1) is 29.0. The largest absolute Gasteiger partial charge is 0.508 e. The van der Waals surface area contributed by atoms with Gasteiger partial charge in [0.2, 0.25) is 23.6 Å². The van der Waals surface area contributed by atoms with Crippen LogP contribution in [0.15, 0.2) is 54.9 Å². The Balaban J connectivity index is 1.36. The average molecular weight is 593 g/mol. The number of phenols is 1.